The second-order valence-electron chi connectivity index (χ2n) is 12.1. The van der Waals surface area contributed by atoms with Gasteiger partial charge in [0.25, 0.3) is 0 Å². The molecule has 0 saturated heterocycles. The number of fused-ring (bicyclic) bond motifs is 5. The zero-order valence-electron chi connectivity index (χ0n) is 20.4. The van der Waals surface area contributed by atoms with Crippen LogP contribution in [0.1, 0.15) is 84.5 Å². The highest BCUT2D eigenvalue weighted by atomic mass is 16.6. The van der Waals surface area contributed by atoms with Crippen LogP contribution in [0.2, 0.25) is 0 Å². The maximum absolute atomic E-state index is 12.2. The van der Waals surface area contributed by atoms with E-state index in [4.69, 9.17) is 4.84 Å². The van der Waals surface area contributed by atoms with Crippen molar-refractivity contribution in [2.75, 3.05) is 27.2 Å². The van der Waals surface area contributed by atoms with Gasteiger partial charge < -0.3 is 20.0 Å². The van der Waals surface area contributed by atoms with Gasteiger partial charge in [-0.1, -0.05) is 19.0 Å². The highest BCUT2D eigenvalue weighted by Gasteiger charge is 2.66. The zero-order chi connectivity index (χ0) is 22.3. The van der Waals surface area contributed by atoms with Crippen LogP contribution in [0.25, 0.3) is 0 Å². The second kappa shape index (κ2) is 8.95. The molecule has 4 rings (SSSR count). The molecule has 0 heterocycles. The van der Waals surface area contributed by atoms with Crippen LogP contribution >= 0.6 is 0 Å². The number of rotatable bonds is 7. The molecule has 0 bridgehead atoms. The minimum Gasteiger partial charge on any atom is -0.396 e. The summed E-state index contributed by atoms with van der Waals surface area (Å²) in [5, 5.41) is 26.7. The predicted molar refractivity (Wildman–Crippen MR) is 125 cm³/mol. The van der Waals surface area contributed by atoms with Crippen molar-refractivity contribution in [1.29, 1.82) is 0 Å². The molecule has 178 valence electrons. The lowest BCUT2D eigenvalue weighted by molar-refractivity contribution is -0.209. The van der Waals surface area contributed by atoms with Crippen LogP contribution in [0.3, 0.4) is 0 Å². The summed E-state index contributed by atoms with van der Waals surface area (Å²) in [6.07, 6.45) is 13.5. The van der Waals surface area contributed by atoms with E-state index < -0.39 is 5.60 Å². The molecule has 5 heteroatoms. The van der Waals surface area contributed by atoms with Crippen molar-refractivity contribution in [2.24, 2.45) is 39.7 Å². The number of hydrogen-bond donors (Lipinski definition) is 2. The summed E-state index contributed by atoms with van der Waals surface area (Å²) >= 11 is 0. The van der Waals surface area contributed by atoms with Gasteiger partial charge in [0.2, 0.25) is 0 Å². The van der Waals surface area contributed by atoms with Gasteiger partial charge in [-0.3, -0.25) is 0 Å². The lowest BCUT2D eigenvalue weighted by Gasteiger charge is -2.63. The van der Waals surface area contributed by atoms with Gasteiger partial charge in [-0.25, -0.2) is 0 Å². The molecule has 0 aromatic heterocycles. The third kappa shape index (κ3) is 4.08. The lowest BCUT2D eigenvalue weighted by atomic mass is 9.43. The second-order valence-corrected chi connectivity index (χ2v) is 12.1. The Bertz CT molecular complexity index is 655. The summed E-state index contributed by atoms with van der Waals surface area (Å²) in [4.78, 5) is 7.62. The summed E-state index contributed by atoms with van der Waals surface area (Å²) in [5.41, 5.74) is -0.243. The van der Waals surface area contributed by atoms with Crippen molar-refractivity contribution in [1.82, 2.24) is 4.90 Å². The molecule has 0 aromatic rings. The number of aliphatic hydroxyl groups excluding tert-OH is 1. The van der Waals surface area contributed by atoms with Crippen LogP contribution in [0.15, 0.2) is 5.16 Å². The van der Waals surface area contributed by atoms with Crippen LogP contribution in [0.4, 0.5) is 0 Å². The minimum atomic E-state index is -0.537. The van der Waals surface area contributed by atoms with Crippen molar-refractivity contribution >= 4 is 6.21 Å². The summed E-state index contributed by atoms with van der Waals surface area (Å²) in [6, 6.07) is 0. The molecule has 5 nitrogen and oxygen atoms in total. The van der Waals surface area contributed by atoms with Crippen molar-refractivity contribution in [3.63, 3.8) is 0 Å². The summed E-state index contributed by atoms with van der Waals surface area (Å²) in [6.45, 7) is 6.54. The summed E-state index contributed by atoms with van der Waals surface area (Å²) in [5.74, 6) is 2.17. The van der Waals surface area contributed by atoms with E-state index in [2.05, 4.69) is 38.0 Å². The number of oxime groups is 1. The minimum absolute atomic E-state index is 0.0114. The monoisotopic (exact) mass is 434 g/mol. The first-order valence-electron chi connectivity index (χ1n) is 12.9. The fraction of sp³-hybridized carbons (Fsp3) is 0.962. The van der Waals surface area contributed by atoms with E-state index in [1.807, 2.05) is 6.21 Å². The van der Waals surface area contributed by atoms with E-state index in [0.29, 0.717) is 35.7 Å². The molecule has 2 N–H and O–H groups in total. The highest BCUT2D eigenvalue weighted by Crippen LogP contribution is 2.69. The van der Waals surface area contributed by atoms with E-state index in [9.17, 15) is 10.2 Å². The Balaban J connectivity index is 1.39. The van der Waals surface area contributed by atoms with Gasteiger partial charge in [-0.2, -0.15) is 0 Å². The Morgan fingerprint density at radius 1 is 1.03 bits per heavy atom. The number of nitrogens with zero attached hydrogens (tertiary/aromatic N) is 2. The van der Waals surface area contributed by atoms with Gasteiger partial charge >= 0.3 is 0 Å². The molecule has 4 saturated carbocycles. The molecule has 4 aliphatic rings. The lowest BCUT2D eigenvalue weighted by Crippen LogP contribution is -2.62. The highest BCUT2D eigenvalue weighted by molar-refractivity contribution is 5.57. The molecule has 4 aliphatic carbocycles. The maximum Gasteiger partial charge on any atom is 0.118 e. The standard InChI is InChI=1S/C26H46N2O3/c1-24-12-9-21(29)18-20(24)6-7-23-22(24)10-13-25(2)19(8-14-26(23,25)30)11-15-27-31-17-5-16-28(3)4/h15,19-23,29-30H,5-14,16-18H2,1-4H3/b27-15+/t19-,20-,21+,22+,23-,24+,25-,26+/m1/s1. The van der Waals surface area contributed by atoms with Gasteiger partial charge in [-0.05, 0) is 119 Å². The topological polar surface area (TPSA) is 65.3 Å². The Morgan fingerprint density at radius 2 is 1.84 bits per heavy atom. The molecule has 0 spiro atoms. The van der Waals surface area contributed by atoms with E-state index in [-0.39, 0.29) is 11.5 Å². The molecule has 0 radical (unpaired) electrons. The van der Waals surface area contributed by atoms with Gasteiger partial charge in [0.15, 0.2) is 0 Å². The Labute approximate surface area is 189 Å². The molecule has 0 aromatic carbocycles. The van der Waals surface area contributed by atoms with Gasteiger partial charge in [0, 0.05) is 12.8 Å². The first-order chi connectivity index (χ1) is 14.7. The van der Waals surface area contributed by atoms with Crippen LogP contribution in [0, 0.1) is 34.5 Å². The van der Waals surface area contributed by atoms with Crippen molar-refractivity contribution in [3.8, 4) is 0 Å². The molecular weight excluding hydrogens is 388 g/mol. The van der Waals surface area contributed by atoms with Gasteiger partial charge in [0.05, 0.1) is 11.7 Å². The van der Waals surface area contributed by atoms with E-state index in [0.717, 1.165) is 64.3 Å². The molecule has 0 unspecified atom stereocenters. The summed E-state index contributed by atoms with van der Waals surface area (Å²) < 4.78 is 0. The van der Waals surface area contributed by atoms with Crippen LogP contribution < -0.4 is 0 Å². The fourth-order valence-electron chi connectivity index (χ4n) is 8.41. The molecule has 31 heavy (non-hydrogen) atoms. The SMILES string of the molecule is CN(C)CCCO/N=C/C[C@H]1CC[C@]2(O)[C@@H]3CC[C@@H]4C[C@@H](O)CC[C@]4(C)[C@H]3CC[C@]12C. The van der Waals surface area contributed by atoms with Crippen LogP contribution in [0.5, 0.6) is 0 Å². The average Bonchev–Trinajstić information content (AvgIpc) is 2.99. The normalized spacial score (nSPS) is 47.3. The fourth-order valence-corrected chi connectivity index (χ4v) is 8.41. The van der Waals surface area contributed by atoms with E-state index >= 15 is 0 Å². The Hall–Kier alpha value is -0.650. The third-order valence-electron chi connectivity index (χ3n) is 10.4. The Kier molecular flexibility index (Phi) is 6.78. The molecule has 0 aliphatic heterocycles. The van der Waals surface area contributed by atoms with E-state index in [1.165, 1.54) is 12.8 Å². The molecule has 8 atom stereocenters. The van der Waals surface area contributed by atoms with Crippen LogP contribution in [-0.2, 0) is 4.84 Å². The van der Waals surface area contributed by atoms with Crippen molar-refractivity contribution in [2.45, 2.75) is 96.2 Å². The van der Waals surface area contributed by atoms with E-state index in [1.54, 1.807) is 0 Å². The first kappa shape index (κ1) is 23.5. The van der Waals surface area contributed by atoms with Crippen molar-refractivity contribution < 1.29 is 15.1 Å². The largest absolute Gasteiger partial charge is 0.396 e. The molecular formula is C26H46N2O3. The maximum atomic E-state index is 12.2. The number of aliphatic hydroxyl groups is 2. The third-order valence-corrected chi connectivity index (χ3v) is 10.4. The predicted octanol–water partition coefficient (Wildman–Crippen LogP) is 4.47. The van der Waals surface area contributed by atoms with Gasteiger partial charge in [0.1, 0.15) is 6.61 Å². The van der Waals surface area contributed by atoms with Crippen molar-refractivity contribution in [3.05, 3.63) is 0 Å². The first-order valence-corrected chi connectivity index (χ1v) is 12.9. The zero-order valence-corrected chi connectivity index (χ0v) is 20.4. The Morgan fingerprint density at radius 3 is 2.61 bits per heavy atom. The average molecular weight is 435 g/mol. The molecule has 0 amide bonds. The summed E-state index contributed by atoms with van der Waals surface area (Å²) in [7, 11) is 4.15. The quantitative estimate of drug-likeness (QED) is 0.353. The van der Waals surface area contributed by atoms with Gasteiger partial charge in [-0.15, -0.1) is 0 Å². The van der Waals surface area contributed by atoms with Crippen LogP contribution in [-0.4, -0.2) is 60.3 Å². The smallest absolute Gasteiger partial charge is 0.118 e. The number of hydrogen-bond acceptors (Lipinski definition) is 5. The molecule has 4 fully saturated rings.